The second-order valence-electron chi connectivity index (χ2n) is 4.31. The second kappa shape index (κ2) is 6.33. The van der Waals surface area contributed by atoms with Crippen molar-refractivity contribution in [2.75, 3.05) is 7.11 Å². The van der Waals surface area contributed by atoms with Crippen LogP contribution in [0.4, 0.5) is 8.78 Å². The van der Waals surface area contributed by atoms with E-state index in [1.54, 1.807) is 6.07 Å². The molecule has 0 aliphatic heterocycles. The van der Waals surface area contributed by atoms with E-state index in [-0.39, 0.29) is 18.0 Å². The number of halogens is 3. The van der Waals surface area contributed by atoms with Crippen LogP contribution in [0.1, 0.15) is 17.2 Å². The number of hydrogen-bond acceptors (Lipinski definition) is 2. The third-order valence-electron chi connectivity index (χ3n) is 3.02. The molecule has 1 unspecified atom stereocenters. The van der Waals surface area contributed by atoms with Crippen LogP contribution in [0.2, 0.25) is 0 Å². The summed E-state index contributed by atoms with van der Waals surface area (Å²) >= 11 is 3.26. The molecule has 0 amide bonds. The predicted octanol–water partition coefficient (Wildman–Crippen LogP) is 4.01. The molecule has 2 aromatic rings. The highest BCUT2D eigenvalue weighted by Gasteiger charge is 2.17. The summed E-state index contributed by atoms with van der Waals surface area (Å²) in [6.07, 6.45) is -0.858. The zero-order chi connectivity index (χ0) is 14.7. The van der Waals surface area contributed by atoms with Gasteiger partial charge in [-0.25, -0.2) is 8.78 Å². The molecule has 1 N–H and O–H groups in total. The Bertz CT molecular complexity index is 600. The van der Waals surface area contributed by atoms with Crippen LogP contribution >= 0.6 is 15.9 Å². The second-order valence-corrected chi connectivity index (χ2v) is 5.17. The molecule has 0 aliphatic rings. The first kappa shape index (κ1) is 14.9. The molecule has 0 heterocycles. The lowest BCUT2D eigenvalue weighted by molar-refractivity contribution is 0.176. The molecular formula is C15H13BrF2O2. The van der Waals surface area contributed by atoms with Gasteiger partial charge in [-0.05, 0) is 29.8 Å². The topological polar surface area (TPSA) is 29.5 Å². The molecule has 2 nitrogen and oxygen atoms in total. The predicted molar refractivity (Wildman–Crippen MR) is 75.7 cm³/mol. The summed E-state index contributed by atoms with van der Waals surface area (Å²) in [5.74, 6) is -0.771. The lowest BCUT2D eigenvalue weighted by atomic mass is 10.0. The van der Waals surface area contributed by atoms with E-state index in [1.165, 1.54) is 37.4 Å². The summed E-state index contributed by atoms with van der Waals surface area (Å²) in [4.78, 5) is 0. The fraction of sp³-hybridized carbons (Fsp3) is 0.200. The summed E-state index contributed by atoms with van der Waals surface area (Å²) in [6, 6.07) is 8.64. The fourth-order valence-electron chi connectivity index (χ4n) is 1.92. The molecule has 0 spiro atoms. The molecule has 0 saturated carbocycles. The number of methoxy groups -OCH3 is 1. The summed E-state index contributed by atoms with van der Waals surface area (Å²) in [5, 5.41) is 10.1. The Kier molecular flexibility index (Phi) is 4.73. The van der Waals surface area contributed by atoms with E-state index in [2.05, 4.69) is 15.9 Å². The average Bonchev–Trinajstić information content (AvgIpc) is 2.44. The SMILES string of the molecule is COc1ccc(Br)c(CC(O)c2ccc(F)cc2)c1F. The van der Waals surface area contributed by atoms with E-state index in [9.17, 15) is 13.9 Å². The molecule has 0 radical (unpaired) electrons. The molecule has 0 saturated heterocycles. The fourth-order valence-corrected chi connectivity index (χ4v) is 2.39. The van der Waals surface area contributed by atoms with Gasteiger partial charge in [-0.1, -0.05) is 28.1 Å². The van der Waals surface area contributed by atoms with Crippen molar-refractivity contribution in [1.82, 2.24) is 0 Å². The number of rotatable bonds is 4. The molecule has 106 valence electrons. The van der Waals surface area contributed by atoms with E-state index in [0.29, 0.717) is 15.6 Å². The average molecular weight is 343 g/mol. The van der Waals surface area contributed by atoms with E-state index in [1.807, 2.05) is 0 Å². The molecule has 5 heteroatoms. The van der Waals surface area contributed by atoms with E-state index in [0.717, 1.165) is 0 Å². The van der Waals surface area contributed by atoms with Gasteiger partial charge in [0.05, 0.1) is 13.2 Å². The van der Waals surface area contributed by atoms with Gasteiger partial charge in [0.15, 0.2) is 11.6 Å². The van der Waals surface area contributed by atoms with Crippen molar-refractivity contribution < 1.29 is 18.6 Å². The highest BCUT2D eigenvalue weighted by Crippen LogP contribution is 2.31. The smallest absolute Gasteiger partial charge is 0.169 e. The van der Waals surface area contributed by atoms with Crippen LogP contribution in [0.3, 0.4) is 0 Å². The van der Waals surface area contributed by atoms with Crippen LogP contribution in [-0.2, 0) is 6.42 Å². The number of hydrogen-bond donors (Lipinski definition) is 1. The third-order valence-corrected chi connectivity index (χ3v) is 3.77. The van der Waals surface area contributed by atoms with Gasteiger partial charge in [0.1, 0.15) is 5.82 Å². The molecule has 0 fully saturated rings. The molecule has 0 bridgehead atoms. The highest BCUT2D eigenvalue weighted by atomic mass is 79.9. The lowest BCUT2D eigenvalue weighted by Crippen LogP contribution is -2.05. The van der Waals surface area contributed by atoms with Gasteiger partial charge in [-0.3, -0.25) is 0 Å². The van der Waals surface area contributed by atoms with Crippen molar-refractivity contribution in [3.63, 3.8) is 0 Å². The normalized spacial score (nSPS) is 12.2. The maximum atomic E-state index is 14.1. The van der Waals surface area contributed by atoms with Gasteiger partial charge in [-0.15, -0.1) is 0 Å². The van der Waals surface area contributed by atoms with Crippen LogP contribution in [0, 0.1) is 11.6 Å². The molecule has 0 aromatic heterocycles. The maximum Gasteiger partial charge on any atom is 0.169 e. The minimum Gasteiger partial charge on any atom is -0.494 e. The van der Waals surface area contributed by atoms with Crippen molar-refractivity contribution in [1.29, 1.82) is 0 Å². The Labute approximate surface area is 124 Å². The van der Waals surface area contributed by atoms with Crippen molar-refractivity contribution in [2.45, 2.75) is 12.5 Å². The lowest BCUT2D eigenvalue weighted by Gasteiger charge is -2.14. The Morgan fingerprint density at radius 2 is 1.80 bits per heavy atom. The quantitative estimate of drug-likeness (QED) is 0.909. The van der Waals surface area contributed by atoms with E-state index >= 15 is 0 Å². The Morgan fingerprint density at radius 3 is 2.40 bits per heavy atom. The molecule has 1 atom stereocenters. The number of benzene rings is 2. The van der Waals surface area contributed by atoms with E-state index < -0.39 is 11.9 Å². The highest BCUT2D eigenvalue weighted by molar-refractivity contribution is 9.10. The van der Waals surface area contributed by atoms with Crippen molar-refractivity contribution >= 4 is 15.9 Å². The van der Waals surface area contributed by atoms with Gasteiger partial charge < -0.3 is 9.84 Å². The summed E-state index contributed by atoms with van der Waals surface area (Å²) in [5.41, 5.74) is 0.849. The Hall–Kier alpha value is -1.46. The molecule has 20 heavy (non-hydrogen) atoms. The number of aliphatic hydroxyl groups is 1. The Balaban J connectivity index is 2.27. The van der Waals surface area contributed by atoms with Gasteiger partial charge in [-0.2, -0.15) is 0 Å². The third kappa shape index (κ3) is 3.16. The minimum atomic E-state index is -0.923. The molecular weight excluding hydrogens is 330 g/mol. The monoisotopic (exact) mass is 342 g/mol. The standard InChI is InChI=1S/C15H13BrF2O2/c1-20-14-7-6-12(16)11(15(14)18)8-13(19)9-2-4-10(17)5-3-9/h2-7,13,19H,8H2,1H3. The van der Waals surface area contributed by atoms with Gasteiger partial charge >= 0.3 is 0 Å². The van der Waals surface area contributed by atoms with Gasteiger partial charge in [0, 0.05) is 16.5 Å². The summed E-state index contributed by atoms with van der Waals surface area (Å²) < 4.78 is 32.5. The zero-order valence-corrected chi connectivity index (χ0v) is 12.3. The summed E-state index contributed by atoms with van der Waals surface area (Å²) in [6.45, 7) is 0. The Morgan fingerprint density at radius 1 is 1.15 bits per heavy atom. The largest absolute Gasteiger partial charge is 0.494 e. The van der Waals surface area contributed by atoms with E-state index in [4.69, 9.17) is 4.74 Å². The van der Waals surface area contributed by atoms with Gasteiger partial charge in [0.2, 0.25) is 0 Å². The first-order chi connectivity index (χ1) is 9.52. The van der Waals surface area contributed by atoms with Crippen LogP contribution in [0.25, 0.3) is 0 Å². The number of ether oxygens (including phenoxy) is 1. The number of aliphatic hydroxyl groups excluding tert-OH is 1. The minimum absolute atomic E-state index is 0.0647. The first-order valence-electron chi connectivity index (χ1n) is 5.97. The molecule has 0 aliphatic carbocycles. The van der Waals surface area contributed by atoms with Crippen LogP contribution in [-0.4, -0.2) is 12.2 Å². The van der Waals surface area contributed by atoms with Crippen LogP contribution < -0.4 is 4.74 Å². The van der Waals surface area contributed by atoms with Crippen molar-refractivity contribution in [3.05, 3.63) is 63.6 Å². The van der Waals surface area contributed by atoms with Gasteiger partial charge in [0.25, 0.3) is 0 Å². The molecule has 2 aromatic carbocycles. The summed E-state index contributed by atoms with van der Waals surface area (Å²) in [7, 11) is 1.38. The maximum absolute atomic E-state index is 14.1. The van der Waals surface area contributed by atoms with Crippen LogP contribution in [0.5, 0.6) is 5.75 Å². The van der Waals surface area contributed by atoms with Crippen LogP contribution in [0.15, 0.2) is 40.9 Å². The zero-order valence-electron chi connectivity index (χ0n) is 10.7. The molecule has 2 rings (SSSR count). The van der Waals surface area contributed by atoms with Crippen molar-refractivity contribution in [2.24, 2.45) is 0 Å². The van der Waals surface area contributed by atoms with Crippen molar-refractivity contribution in [3.8, 4) is 5.75 Å². The first-order valence-corrected chi connectivity index (χ1v) is 6.76.